The molecule has 2 aromatic heterocycles. The molecule has 1 aromatic carbocycles. The fourth-order valence-corrected chi connectivity index (χ4v) is 4.22. The Kier molecular flexibility index (Phi) is 7.15. The predicted octanol–water partition coefficient (Wildman–Crippen LogP) is 2.73. The number of anilines is 1. The molecule has 2 fully saturated rings. The number of aromatic amines is 1. The molecule has 3 aromatic rings. The van der Waals surface area contributed by atoms with Crippen molar-refractivity contribution in [1.82, 2.24) is 14.9 Å². The first kappa shape index (κ1) is 21.9. The molecule has 8 heteroatoms. The van der Waals surface area contributed by atoms with Crippen LogP contribution in [0.2, 0.25) is 0 Å². The summed E-state index contributed by atoms with van der Waals surface area (Å²) in [6.45, 7) is 8.67. The van der Waals surface area contributed by atoms with E-state index in [0.29, 0.717) is 19.0 Å². The second kappa shape index (κ2) is 10.8. The van der Waals surface area contributed by atoms with Crippen molar-refractivity contribution in [3.05, 3.63) is 53.7 Å². The van der Waals surface area contributed by atoms with E-state index in [9.17, 15) is 0 Å². The summed E-state index contributed by atoms with van der Waals surface area (Å²) >= 11 is 0. The van der Waals surface area contributed by atoms with Crippen LogP contribution >= 0.6 is 0 Å². The van der Waals surface area contributed by atoms with Crippen molar-refractivity contribution in [3.8, 4) is 5.88 Å². The van der Waals surface area contributed by atoms with Gasteiger partial charge in [0.05, 0.1) is 33.0 Å². The third-order valence-corrected chi connectivity index (χ3v) is 6.07. The summed E-state index contributed by atoms with van der Waals surface area (Å²) < 4.78 is 17.0. The van der Waals surface area contributed by atoms with Gasteiger partial charge in [0, 0.05) is 67.7 Å². The number of fused-ring (bicyclic) bond motifs is 1. The van der Waals surface area contributed by atoms with E-state index in [-0.39, 0.29) is 0 Å². The van der Waals surface area contributed by atoms with Gasteiger partial charge < -0.3 is 24.1 Å². The van der Waals surface area contributed by atoms with Crippen LogP contribution in [-0.2, 0) is 16.0 Å². The third-order valence-electron chi connectivity index (χ3n) is 6.07. The minimum atomic E-state index is 0.569. The van der Waals surface area contributed by atoms with Gasteiger partial charge in [-0.15, -0.1) is 0 Å². The lowest BCUT2D eigenvalue weighted by Crippen LogP contribution is -2.38. The monoisotopic (exact) mass is 449 g/mol. The summed E-state index contributed by atoms with van der Waals surface area (Å²) in [5.74, 6) is 1.59. The normalized spacial score (nSPS) is 17.8. The van der Waals surface area contributed by atoms with Gasteiger partial charge in [-0.2, -0.15) is 4.98 Å². The molecule has 0 unspecified atom stereocenters. The number of hydrogen-bond acceptors (Lipinski definition) is 7. The molecule has 0 atom stereocenters. The molecular formula is C25H31N5O3. The van der Waals surface area contributed by atoms with Crippen molar-refractivity contribution in [2.45, 2.75) is 6.54 Å². The second-order valence-corrected chi connectivity index (χ2v) is 8.33. The number of nitrogens with zero attached hydrogens (tertiary/aromatic N) is 4. The number of para-hydroxylation sites is 1. The van der Waals surface area contributed by atoms with Crippen LogP contribution in [0, 0.1) is 0 Å². The first-order valence-electron chi connectivity index (χ1n) is 11.7. The van der Waals surface area contributed by atoms with Crippen LogP contribution in [0.3, 0.4) is 0 Å². The van der Waals surface area contributed by atoms with Crippen molar-refractivity contribution in [3.63, 3.8) is 0 Å². The quantitative estimate of drug-likeness (QED) is 0.533. The highest BCUT2D eigenvalue weighted by Gasteiger charge is 2.15. The zero-order valence-electron chi connectivity index (χ0n) is 18.9. The first-order valence-corrected chi connectivity index (χ1v) is 11.7. The number of hydrogen-bond donors (Lipinski definition) is 1. The summed E-state index contributed by atoms with van der Waals surface area (Å²) in [4.78, 5) is 17.4. The minimum absolute atomic E-state index is 0.569. The van der Waals surface area contributed by atoms with Gasteiger partial charge >= 0.3 is 0 Å². The Bertz CT molecular complexity index is 1070. The molecule has 5 rings (SSSR count). The van der Waals surface area contributed by atoms with Crippen LogP contribution in [0.4, 0.5) is 5.82 Å². The molecule has 0 bridgehead atoms. The van der Waals surface area contributed by atoms with Gasteiger partial charge in [0.2, 0.25) is 5.88 Å². The molecule has 1 N–H and O–H groups in total. The Balaban J connectivity index is 1.28. The van der Waals surface area contributed by atoms with E-state index in [0.717, 1.165) is 81.6 Å². The average Bonchev–Trinajstić information content (AvgIpc) is 3.28. The topological polar surface area (TPSA) is 75.2 Å². The molecule has 8 nitrogen and oxygen atoms in total. The molecule has 2 aliphatic heterocycles. The number of nitrogens with one attached hydrogen (secondary N) is 1. The lowest BCUT2D eigenvalue weighted by Gasteiger charge is -2.28. The minimum Gasteiger partial charge on any atom is -0.476 e. The van der Waals surface area contributed by atoms with Crippen LogP contribution in [0.1, 0.15) is 11.1 Å². The van der Waals surface area contributed by atoms with Crippen molar-refractivity contribution in [2.75, 3.05) is 70.7 Å². The maximum Gasteiger partial charge on any atom is 0.215 e. The molecular weight excluding hydrogens is 418 g/mol. The molecule has 0 spiro atoms. The van der Waals surface area contributed by atoms with Gasteiger partial charge in [0.15, 0.2) is 0 Å². The largest absolute Gasteiger partial charge is 0.476 e. The fourth-order valence-electron chi connectivity index (χ4n) is 4.22. The molecule has 2 saturated heterocycles. The molecule has 0 amide bonds. The number of pyridine rings is 1. The van der Waals surface area contributed by atoms with Crippen molar-refractivity contribution >= 4 is 22.9 Å². The number of aliphatic imine (C=N–C) groups is 1. The Morgan fingerprint density at radius 2 is 1.82 bits per heavy atom. The SMILES string of the molecule is C(=NCc1cc(OCCN2CCOCC2)nc(N2CCOCC2)c1)c1c[nH]c2ccccc12. The van der Waals surface area contributed by atoms with E-state index in [1.807, 2.05) is 30.6 Å². The molecule has 0 radical (unpaired) electrons. The smallest absolute Gasteiger partial charge is 0.215 e. The number of benzene rings is 1. The maximum absolute atomic E-state index is 6.08. The first-order chi connectivity index (χ1) is 16.3. The van der Waals surface area contributed by atoms with Crippen LogP contribution < -0.4 is 9.64 Å². The van der Waals surface area contributed by atoms with E-state index < -0.39 is 0 Å². The van der Waals surface area contributed by atoms with Gasteiger partial charge in [-0.05, 0) is 17.7 Å². The number of rotatable bonds is 8. The third kappa shape index (κ3) is 5.71. The molecule has 33 heavy (non-hydrogen) atoms. The zero-order chi connectivity index (χ0) is 22.3. The summed E-state index contributed by atoms with van der Waals surface area (Å²) in [5.41, 5.74) is 3.30. The summed E-state index contributed by atoms with van der Waals surface area (Å²) in [7, 11) is 0. The van der Waals surface area contributed by atoms with Crippen LogP contribution in [0.25, 0.3) is 10.9 Å². The van der Waals surface area contributed by atoms with E-state index in [4.69, 9.17) is 24.2 Å². The number of H-pyrrole nitrogens is 1. The second-order valence-electron chi connectivity index (χ2n) is 8.33. The highest BCUT2D eigenvalue weighted by Crippen LogP contribution is 2.22. The Morgan fingerprint density at radius 3 is 2.67 bits per heavy atom. The molecule has 0 saturated carbocycles. The van der Waals surface area contributed by atoms with Gasteiger partial charge in [0.25, 0.3) is 0 Å². The van der Waals surface area contributed by atoms with E-state index in [2.05, 4.69) is 33.0 Å². The highest BCUT2D eigenvalue weighted by atomic mass is 16.5. The fraction of sp³-hybridized carbons (Fsp3) is 0.440. The van der Waals surface area contributed by atoms with Gasteiger partial charge in [0.1, 0.15) is 12.4 Å². The Hall–Kier alpha value is -2.94. The standard InChI is InChI=1S/C25H31N5O3/c1-2-4-23-22(3-1)21(19-27-23)18-26-17-20-15-24(30-8-12-32-13-9-30)28-25(16-20)33-14-7-29-5-10-31-11-6-29/h1-4,15-16,18-19,27H,5-14,17H2. The van der Waals surface area contributed by atoms with E-state index >= 15 is 0 Å². The predicted molar refractivity (Wildman–Crippen MR) is 130 cm³/mol. The lowest BCUT2D eigenvalue weighted by molar-refractivity contribution is 0.0320. The van der Waals surface area contributed by atoms with Crippen LogP contribution in [0.5, 0.6) is 5.88 Å². The van der Waals surface area contributed by atoms with Crippen LogP contribution in [-0.4, -0.2) is 86.8 Å². The number of aromatic nitrogens is 2. The summed E-state index contributed by atoms with van der Waals surface area (Å²) in [6, 6.07) is 12.4. The van der Waals surface area contributed by atoms with Gasteiger partial charge in [-0.1, -0.05) is 18.2 Å². The maximum atomic E-state index is 6.08. The van der Waals surface area contributed by atoms with E-state index in [1.54, 1.807) is 0 Å². The molecule has 0 aliphatic carbocycles. The highest BCUT2D eigenvalue weighted by molar-refractivity contribution is 5.98. The Labute approximate surface area is 194 Å². The van der Waals surface area contributed by atoms with Gasteiger partial charge in [-0.25, -0.2) is 0 Å². The molecule has 174 valence electrons. The van der Waals surface area contributed by atoms with Crippen molar-refractivity contribution in [1.29, 1.82) is 0 Å². The van der Waals surface area contributed by atoms with Crippen molar-refractivity contribution < 1.29 is 14.2 Å². The molecule has 4 heterocycles. The van der Waals surface area contributed by atoms with E-state index in [1.165, 1.54) is 5.39 Å². The van der Waals surface area contributed by atoms with Gasteiger partial charge in [-0.3, -0.25) is 9.89 Å². The summed E-state index contributed by atoms with van der Waals surface area (Å²) in [5, 5.41) is 1.18. The zero-order valence-corrected chi connectivity index (χ0v) is 18.9. The van der Waals surface area contributed by atoms with Crippen LogP contribution in [0.15, 0.2) is 47.6 Å². The summed E-state index contributed by atoms with van der Waals surface area (Å²) in [6.07, 6.45) is 3.94. The van der Waals surface area contributed by atoms with Crippen molar-refractivity contribution in [2.24, 2.45) is 4.99 Å². The number of morpholine rings is 2. The number of ether oxygens (including phenoxy) is 3. The molecule has 2 aliphatic rings. The Morgan fingerprint density at radius 1 is 1.03 bits per heavy atom. The average molecular weight is 450 g/mol. The lowest BCUT2D eigenvalue weighted by atomic mass is 10.2.